The molecule has 3 rings (SSSR count). The number of hydrazone groups is 1. The van der Waals surface area contributed by atoms with Crippen molar-refractivity contribution in [1.29, 1.82) is 0 Å². The minimum absolute atomic E-state index is 0.135. The van der Waals surface area contributed by atoms with Crippen LogP contribution in [-0.4, -0.2) is 23.7 Å². The maximum absolute atomic E-state index is 13.3. The van der Waals surface area contributed by atoms with Crippen molar-refractivity contribution in [3.05, 3.63) is 81.9 Å². The zero-order chi connectivity index (χ0) is 21.5. The Morgan fingerprint density at radius 1 is 1.23 bits per heavy atom. The highest BCUT2D eigenvalue weighted by Crippen LogP contribution is 2.31. The summed E-state index contributed by atoms with van der Waals surface area (Å²) in [6.07, 6.45) is 2.15. The highest BCUT2D eigenvalue weighted by Gasteiger charge is 2.19. The van der Waals surface area contributed by atoms with Gasteiger partial charge in [0.25, 0.3) is 11.6 Å². The van der Waals surface area contributed by atoms with Gasteiger partial charge in [0.1, 0.15) is 23.1 Å². The van der Waals surface area contributed by atoms with Crippen LogP contribution in [-0.2, 0) is 0 Å². The standard InChI is InChI=1S/C21H18FN3O5/c1-2-11-29-16-6-3-14(4-7-16)21(26)24-23-13-17-8-10-20(30-17)18-9-5-15(22)12-19(18)25(27)28/h3-10,12-13H,2,11H2,1H3,(H,24,26)/b23-13+. The van der Waals surface area contributed by atoms with Crippen molar-refractivity contribution in [3.63, 3.8) is 0 Å². The van der Waals surface area contributed by atoms with E-state index in [0.29, 0.717) is 17.9 Å². The van der Waals surface area contributed by atoms with E-state index in [9.17, 15) is 19.3 Å². The quantitative estimate of drug-likeness (QED) is 0.332. The second kappa shape index (κ2) is 9.46. The Morgan fingerprint density at radius 3 is 2.70 bits per heavy atom. The molecule has 1 heterocycles. The summed E-state index contributed by atoms with van der Waals surface area (Å²) in [6.45, 7) is 2.60. The third-order valence-corrected chi connectivity index (χ3v) is 4.00. The number of carbonyl (C=O) groups is 1. The first-order valence-corrected chi connectivity index (χ1v) is 9.08. The molecule has 0 fully saturated rings. The van der Waals surface area contributed by atoms with Crippen LogP contribution in [0.1, 0.15) is 29.5 Å². The van der Waals surface area contributed by atoms with Crippen LogP contribution in [0.4, 0.5) is 10.1 Å². The maximum atomic E-state index is 13.3. The zero-order valence-electron chi connectivity index (χ0n) is 16.0. The summed E-state index contributed by atoms with van der Waals surface area (Å²) in [5, 5.41) is 14.9. The number of benzene rings is 2. The largest absolute Gasteiger partial charge is 0.494 e. The van der Waals surface area contributed by atoms with E-state index in [1.165, 1.54) is 24.4 Å². The molecule has 9 heteroatoms. The molecule has 0 aliphatic heterocycles. The van der Waals surface area contributed by atoms with Gasteiger partial charge in [-0.25, -0.2) is 9.82 Å². The molecule has 3 aromatic rings. The molecule has 0 bridgehead atoms. The van der Waals surface area contributed by atoms with Crippen LogP contribution in [0, 0.1) is 15.9 Å². The van der Waals surface area contributed by atoms with Gasteiger partial charge in [-0.15, -0.1) is 0 Å². The highest BCUT2D eigenvalue weighted by atomic mass is 19.1. The molecule has 8 nitrogen and oxygen atoms in total. The van der Waals surface area contributed by atoms with Crippen molar-refractivity contribution in [1.82, 2.24) is 5.43 Å². The number of rotatable bonds is 8. The Hall–Kier alpha value is -4.01. The second-order valence-corrected chi connectivity index (χ2v) is 6.19. The topological polar surface area (TPSA) is 107 Å². The summed E-state index contributed by atoms with van der Waals surface area (Å²) >= 11 is 0. The number of hydrogen-bond donors (Lipinski definition) is 1. The molecule has 1 N–H and O–H groups in total. The summed E-state index contributed by atoms with van der Waals surface area (Å²) in [5.41, 5.74) is 2.49. The molecule has 0 saturated heterocycles. The Balaban J connectivity index is 1.65. The molecule has 1 aromatic heterocycles. The first-order chi connectivity index (χ1) is 14.5. The van der Waals surface area contributed by atoms with E-state index in [1.807, 2.05) is 6.92 Å². The predicted molar refractivity (Wildman–Crippen MR) is 108 cm³/mol. The third-order valence-electron chi connectivity index (χ3n) is 4.00. The van der Waals surface area contributed by atoms with Crippen LogP contribution in [0.25, 0.3) is 11.3 Å². The van der Waals surface area contributed by atoms with Crippen molar-refractivity contribution < 1.29 is 23.3 Å². The molecule has 0 saturated carbocycles. The molecular weight excluding hydrogens is 393 g/mol. The Kier molecular flexibility index (Phi) is 6.53. The SMILES string of the molecule is CCCOc1ccc(C(=O)N/N=C/c2ccc(-c3ccc(F)cc3[N+](=O)[O-])o2)cc1. The molecular formula is C21H18FN3O5. The van der Waals surface area contributed by atoms with Crippen molar-refractivity contribution in [2.24, 2.45) is 5.10 Å². The highest BCUT2D eigenvalue weighted by molar-refractivity contribution is 5.94. The minimum atomic E-state index is -0.716. The molecule has 1 amide bonds. The number of amides is 1. The van der Waals surface area contributed by atoms with Gasteiger partial charge in [-0.3, -0.25) is 14.9 Å². The molecule has 30 heavy (non-hydrogen) atoms. The van der Waals surface area contributed by atoms with Crippen LogP contribution in [0.3, 0.4) is 0 Å². The van der Waals surface area contributed by atoms with E-state index in [4.69, 9.17) is 9.15 Å². The summed E-state index contributed by atoms with van der Waals surface area (Å²) in [5.74, 6) is -0.0278. The molecule has 0 aliphatic rings. The van der Waals surface area contributed by atoms with E-state index in [0.717, 1.165) is 18.6 Å². The van der Waals surface area contributed by atoms with Crippen molar-refractivity contribution in [2.75, 3.05) is 6.61 Å². The van der Waals surface area contributed by atoms with E-state index >= 15 is 0 Å². The van der Waals surface area contributed by atoms with Crippen molar-refractivity contribution in [3.8, 4) is 17.1 Å². The van der Waals surface area contributed by atoms with Gasteiger partial charge in [0.15, 0.2) is 0 Å². The number of ether oxygens (including phenoxy) is 1. The Morgan fingerprint density at radius 2 is 2.00 bits per heavy atom. The normalized spacial score (nSPS) is 10.9. The fourth-order valence-electron chi connectivity index (χ4n) is 2.57. The van der Waals surface area contributed by atoms with Crippen LogP contribution < -0.4 is 10.2 Å². The fourth-order valence-corrected chi connectivity index (χ4v) is 2.57. The van der Waals surface area contributed by atoms with Gasteiger partial charge in [0, 0.05) is 5.56 Å². The van der Waals surface area contributed by atoms with E-state index < -0.39 is 22.3 Å². The molecule has 154 valence electrons. The summed E-state index contributed by atoms with van der Waals surface area (Å²) in [4.78, 5) is 22.6. The van der Waals surface area contributed by atoms with Gasteiger partial charge in [0.2, 0.25) is 0 Å². The van der Waals surface area contributed by atoms with Crippen molar-refractivity contribution in [2.45, 2.75) is 13.3 Å². The lowest BCUT2D eigenvalue weighted by atomic mass is 10.1. The summed E-state index contributed by atoms with van der Waals surface area (Å²) in [7, 11) is 0. The number of furan rings is 1. The van der Waals surface area contributed by atoms with Gasteiger partial charge >= 0.3 is 0 Å². The lowest BCUT2D eigenvalue weighted by Crippen LogP contribution is -2.17. The predicted octanol–water partition coefficient (Wildman–Crippen LogP) is 4.55. The minimum Gasteiger partial charge on any atom is -0.494 e. The fraction of sp³-hybridized carbons (Fsp3) is 0.143. The van der Waals surface area contributed by atoms with E-state index in [1.54, 1.807) is 24.3 Å². The molecule has 0 spiro atoms. The molecule has 2 aromatic carbocycles. The van der Waals surface area contributed by atoms with Crippen LogP contribution in [0.5, 0.6) is 5.75 Å². The summed E-state index contributed by atoms with van der Waals surface area (Å²) in [6, 6.07) is 12.9. The van der Waals surface area contributed by atoms with Gasteiger partial charge in [-0.2, -0.15) is 5.10 Å². The van der Waals surface area contributed by atoms with E-state index in [2.05, 4.69) is 10.5 Å². The first kappa shape index (κ1) is 20.7. The number of hydrogen-bond acceptors (Lipinski definition) is 6. The molecule has 0 atom stereocenters. The second-order valence-electron chi connectivity index (χ2n) is 6.19. The average molecular weight is 411 g/mol. The zero-order valence-corrected chi connectivity index (χ0v) is 16.0. The lowest BCUT2D eigenvalue weighted by molar-refractivity contribution is -0.384. The third kappa shape index (κ3) is 5.07. The number of halogens is 1. The van der Waals surface area contributed by atoms with Crippen LogP contribution >= 0.6 is 0 Å². The number of nitrogens with one attached hydrogen (secondary N) is 1. The summed E-state index contributed by atoms with van der Waals surface area (Å²) < 4.78 is 24.2. The number of nitro benzene ring substituents is 1. The Bertz CT molecular complexity index is 1080. The number of nitrogens with zero attached hydrogens (tertiary/aromatic N) is 2. The Labute approximate surface area is 171 Å². The maximum Gasteiger partial charge on any atom is 0.283 e. The molecule has 0 aliphatic carbocycles. The number of carbonyl (C=O) groups excluding carboxylic acids is 1. The monoisotopic (exact) mass is 411 g/mol. The van der Waals surface area contributed by atoms with E-state index in [-0.39, 0.29) is 17.1 Å². The number of nitro groups is 1. The van der Waals surface area contributed by atoms with Crippen LogP contribution in [0.2, 0.25) is 0 Å². The lowest BCUT2D eigenvalue weighted by Gasteiger charge is -2.05. The average Bonchev–Trinajstić information content (AvgIpc) is 3.21. The van der Waals surface area contributed by atoms with Crippen LogP contribution in [0.15, 0.2) is 64.1 Å². The molecule has 0 unspecified atom stereocenters. The first-order valence-electron chi connectivity index (χ1n) is 9.08. The van der Waals surface area contributed by atoms with Gasteiger partial charge in [-0.1, -0.05) is 6.92 Å². The van der Waals surface area contributed by atoms with Gasteiger partial charge in [-0.05, 0) is 55.0 Å². The smallest absolute Gasteiger partial charge is 0.283 e. The van der Waals surface area contributed by atoms with Gasteiger partial charge < -0.3 is 9.15 Å². The van der Waals surface area contributed by atoms with Gasteiger partial charge in [0.05, 0.1) is 29.4 Å². The van der Waals surface area contributed by atoms with Crippen molar-refractivity contribution >= 4 is 17.8 Å². The molecule has 0 radical (unpaired) electrons.